The van der Waals surface area contributed by atoms with E-state index in [1.165, 1.54) is 18.2 Å². The molecule has 0 saturated heterocycles. The van der Waals surface area contributed by atoms with Gasteiger partial charge in [0.1, 0.15) is 5.82 Å². The van der Waals surface area contributed by atoms with E-state index in [4.69, 9.17) is 0 Å². The van der Waals surface area contributed by atoms with Gasteiger partial charge in [-0.05, 0) is 49.2 Å². The molecule has 112 valence electrons. The molecule has 21 heavy (non-hydrogen) atoms. The molecule has 2 aromatic carbocycles. The SMILES string of the molecule is Cc1ccc(C(F)(F)F)cc1NC(C)c1cccc(F)c1. The van der Waals surface area contributed by atoms with Gasteiger partial charge in [-0.25, -0.2) is 4.39 Å². The second-order valence-corrected chi connectivity index (χ2v) is 4.95. The first-order chi connectivity index (χ1) is 9.77. The Bertz CT molecular complexity index is 634. The molecule has 1 atom stereocenters. The molecule has 0 heterocycles. The van der Waals surface area contributed by atoms with Gasteiger partial charge in [0.2, 0.25) is 0 Å². The van der Waals surface area contributed by atoms with Gasteiger partial charge in [-0.2, -0.15) is 13.2 Å². The van der Waals surface area contributed by atoms with Crippen molar-refractivity contribution in [1.29, 1.82) is 0 Å². The molecule has 1 nitrogen and oxygen atoms in total. The van der Waals surface area contributed by atoms with Crippen molar-refractivity contribution in [3.8, 4) is 0 Å². The smallest absolute Gasteiger partial charge is 0.378 e. The fraction of sp³-hybridized carbons (Fsp3) is 0.250. The molecule has 0 saturated carbocycles. The van der Waals surface area contributed by atoms with E-state index in [9.17, 15) is 17.6 Å². The first-order valence-corrected chi connectivity index (χ1v) is 6.47. The van der Waals surface area contributed by atoms with Crippen LogP contribution in [0, 0.1) is 12.7 Å². The van der Waals surface area contributed by atoms with Crippen LogP contribution in [0.1, 0.15) is 29.7 Å². The number of hydrogen-bond acceptors (Lipinski definition) is 1. The Morgan fingerprint density at radius 1 is 1.05 bits per heavy atom. The zero-order valence-corrected chi connectivity index (χ0v) is 11.6. The Hall–Kier alpha value is -2.04. The molecular weight excluding hydrogens is 282 g/mol. The van der Waals surface area contributed by atoms with Crippen LogP contribution in [0.5, 0.6) is 0 Å². The van der Waals surface area contributed by atoms with Gasteiger partial charge in [0.05, 0.1) is 5.56 Å². The van der Waals surface area contributed by atoms with Crippen LogP contribution in [0.3, 0.4) is 0 Å². The van der Waals surface area contributed by atoms with E-state index in [1.807, 2.05) is 0 Å². The summed E-state index contributed by atoms with van der Waals surface area (Å²) in [6.45, 7) is 3.50. The highest BCUT2D eigenvalue weighted by Crippen LogP contribution is 2.33. The summed E-state index contributed by atoms with van der Waals surface area (Å²) >= 11 is 0. The number of hydrogen-bond donors (Lipinski definition) is 1. The lowest BCUT2D eigenvalue weighted by Crippen LogP contribution is -2.10. The predicted octanol–water partition coefficient (Wildman–Crippen LogP) is 5.33. The summed E-state index contributed by atoms with van der Waals surface area (Å²) in [5.74, 6) is -0.373. The van der Waals surface area contributed by atoms with Crippen molar-refractivity contribution in [1.82, 2.24) is 0 Å². The minimum atomic E-state index is -4.38. The second kappa shape index (κ2) is 5.76. The van der Waals surface area contributed by atoms with Crippen molar-refractivity contribution in [3.05, 3.63) is 65.0 Å². The highest BCUT2D eigenvalue weighted by molar-refractivity contribution is 5.54. The highest BCUT2D eigenvalue weighted by atomic mass is 19.4. The molecule has 0 bridgehead atoms. The second-order valence-electron chi connectivity index (χ2n) is 4.95. The van der Waals surface area contributed by atoms with E-state index < -0.39 is 11.7 Å². The number of aryl methyl sites for hydroxylation is 1. The van der Waals surface area contributed by atoms with Crippen LogP contribution >= 0.6 is 0 Å². The minimum Gasteiger partial charge on any atom is -0.378 e. The first-order valence-electron chi connectivity index (χ1n) is 6.47. The van der Waals surface area contributed by atoms with Crippen LogP contribution in [0.25, 0.3) is 0 Å². The fourth-order valence-electron chi connectivity index (χ4n) is 2.05. The number of rotatable bonds is 3. The van der Waals surface area contributed by atoms with Crippen molar-refractivity contribution in [2.75, 3.05) is 5.32 Å². The Morgan fingerprint density at radius 3 is 2.38 bits per heavy atom. The highest BCUT2D eigenvalue weighted by Gasteiger charge is 2.30. The molecule has 0 aliphatic rings. The number of halogens is 4. The van der Waals surface area contributed by atoms with Crippen LogP contribution < -0.4 is 5.32 Å². The minimum absolute atomic E-state index is 0.303. The maximum atomic E-state index is 13.2. The summed E-state index contributed by atoms with van der Waals surface area (Å²) in [6, 6.07) is 9.22. The van der Waals surface area contributed by atoms with Crippen molar-refractivity contribution in [2.45, 2.75) is 26.1 Å². The third-order valence-electron chi connectivity index (χ3n) is 3.29. The van der Waals surface area contributed by atoms with Crippen LogP contribution in [0.4, 0.5) is 23.2 Å². The molecule has 1 N–H and O–H groups in total. The lowest BCUT2D eigenvalue weighted by Gasteiger charge is -2.19. The van der Waals surface area contributed by atoms with Gasteiger partial charge in [-0.1, -0.05) is 18.2 Å². The molecule has 0 aromatic heterocycles. The molecule has 0 fully saturated rings. The van der Waals surface area contributed by atoms with E-state index in [-0.39, 0.29) is 11.9 Å². The van der Waals surface area contributed by atoms with E-state index in [0.29, 0.717) is 16.8 Å². The number of alkyl halides is 3. The normalized spacial score (nSPS) is 13.0. The van der Waals surface area contributed by atoms with Gasteiger partial charge in [0.25, 0.3) is 0 Å². The average molecular weight is 297 g/mol. The molecule has 2 aromatic rings. The van der Waals surface area contributed by atoms with Crippen LogP contribution in [-0.2, 0) is 6.18 Å². The molecule has 0 amide bonds. The molecule has 0 radical (unpaired) electrons. The Morgan fingerprint density at radius 2 is 1.76 bits per heavy atom. The van der Waals surface area contributed by atoms with Crippen LogP contribution in [0.15, 0.2) is 42.5 Å². The molecule has 2 rings (SSSR count). The lowest BCUT2D eigenvalue weighted by molar-refractivity contribution is -0.137. The van der Waals surface area contributed by atoms with E-state index in [1.54, 1.807) is 26.0 Å². The summed E-state index contributed by atoms with van der Waals surface area (Å²) in [4.78, 5) is 0. The third-order valence-corrected chi connectivity index (χ3v) is 3.29. The summed E-state index contributed by atoms with van der Waals surface area (Å²) in [6.07, 6.45) is -4.38. The van der Waals surface area contributed by atoms with Crippen molar-refractivity contribution in [3.63, 3.8) is 0 Å². The van der Waals surface area contributed by atoms with Crippen molar-refractivity contribution in [2.24, 2.45) is 0 Å². The Kier molecular flexibility index (Phi) is 4.21. The fourth-order valence-corrected chi connectivity index (χ4v) is 2.05. The van der Waals surface area contributed by atoms with Gasteiger partial charge in [-0.3, -0.25) is 0 Å². The lowest BCUT2D eigenvalue weighted by atomic mass is 10.1. The standard InChI is InChI=1S/C16H15F4N/c1-10-6-7-13(16(18,19)20)9-15(10)21-11(2)12-4-3-5-14(17)8-12/h3-9,11,21H,1-2H3. The maximum Gasteiger partial charge on any atom is 0.416 e. The molecular formula is C16H15F4N. The third kappa shape index (κ3) is 3.74. The monoisotopic (exact) mass is 297 g/mol. The Balaban J connectivity index is 2.26. The average Bonchev–Trinajstić information content (AvgIpc) is 2.40. The summed E-state index contributed by atoms with van der Waals surface area (Å²) in [5.41, 5.74) is 1.06. The van der Waals surface area contributed by atoms with E-state index in [0.717, 1.165) is 12.1 Å². The zero-order chi connectivity index (χ0) is 15.6. The molecule has 0 aliphatic heterocycles. The molecule has 0 spiro atoms. The van der Waals surface area contributed by atoms with Crippen molar-refractivity contribution >= 4 is 5.69 Å². The number of anilines is 1. The van der Waals surface area contributed by atoms with Gasteiger partial charge in [0.15, 0.2) is 0 Å². The Labute approximate surface area is 120 Å². The summed E-state index contributed by atoms with van der Waals surface area (Å²) in [5, 5.41) is 3.00. The van der Waals surface area contributed by atoms with Crippen LogP contribution in [0.2, 0.25) is 0 Å². The molecule has 1 unspecified atom stereocenters. The maximum absolute atomic E-state index is 13.2. The first kappa shape index (κ1) is 15.4. The van der Waals surface area contributed by atoms with Crippen molar-refractivity contribution < 1.29 is 17.6 Å². The number of benzene rings is 2. The van der Waals surface area contributed by atoms with Crippen LogP contribution in [-0.4, -0.2) is 0 Å². The van der Waals surface area contributed by atoms with Gasteiger partial charge in [-0.15, -0.1) is 0 Å². The summed E-state index contributed by atoms with van der Waals surface area (Å²) < 4.78 is 51.4. The number of nitrogens with one attached hydrogen (secondary N) is 1. The molecule has 0 aliphatic carbocycles. The molecule has 5 heteroatoms. The van der Waals surface area contributed by atoms with E-state index >= 15 is 0 Å². The van der Waals surface area contributed by atoms with E-state index in [2.05, 4.69) is 5.32 Å². The quantitative estimate of drug-likeness (QED) is 0.755. The van der Waals surface area contributed by atoms with Gasteiger partial charge < -0.3 is 5.32 Å². The van der Waals surface area contributed by atoms with Gasteiger partial charge in [0, 0.05) is 11.7 Å². The topological polar surface area (TPSA) is 12.0 Å². The van der Waals surface area contributed by atoms with Gasteiger partial charge >= 0.3 is 6.18 Å². The predicted molar refractivity (Wildman–Crippen MR) is 74.6 cm³/mol. The largest absolute Gasteiger partial charge is 0.416 e. The summed E-state index contributed by atoms with van der Waals surface area (Å²) in [7, 11) is 0. The zero-order valence-electron chi connectivity index (χ0n) is 11.6.